The third-order valence-corrected chi connectivity index (χ3v) is 3.28. The molecule has 0 amide bonds. The third-order valence-electron chi connectivity index (χ3n) is 3.28. The summed E-state index contributed by atoms with van der Waals surface area (Å²) in [7, 11) is 1.99. The maximum atomic E-state index is 3.24. The Labute approximate surface area is 116 Å². The summed E-state index contributed by atoms with van der Waals surface area (Å²) in [4.78, 5) is 2.36. The zero-order valence-corrected chi connectivity index (χ0v) is 12.0. The van der Waals surface area contributed by atoms with Gasteiger partial charge in [-0.2, -0.15) is 0 Å². The molecule has 0 heterocycles. The molecule has 0 bridgehead atoms. The molecule has 0 saturated heterocycles. The van der Waals surface area contributed by atoms with Gasteiger partial charge in [0, 0.05) is 24.5 Å². The van der Waals surface area contributed by atoms with Crippen LogP contribution in [-0.4, -0.2) is 13.6 Å². The highest BCUT2D eigenvalue weighted by Crippen LogP contribution is 2.28. The fraction of sp³-hybridized carbons (Fsp3) is 0.294. The molecule has 0 atom stereocenters. The van der Waals surface area contributed by atoms with Crippen LogP contribution in [0.4, 0.5) is 11.4 Å². The highest BCUT2D eigenvalue weighted by molar-refractivity contribution is 5.66. The fourth-order valence-corrected chi connectivity index (χ4v) is 2.40. The van der Waals surface area contributed by atoms with E-state index in [0.29, 0.717) is 0 Å². The summed E-state index contributed by atoms with van der Waals surface area (Å²) < 4.78 is 0. The Hall–Kier alpha value is -1.80. The van der Waals surface area contributed by atoms with E-state index >= 15 is 0 Å². The zero-order valence-electron chi connectivity index (χ0n) is 12.0. The summed E-state index contributed by atoms with van der Waals surface area (Å²) in [6.07, 6.45) is 0. The quantitative estimate of drug-likeness (QED) is 0.871. The maximum Gasteiger partial charge on any atom is 0.0456 e. The van der Waals surface area contributed by atoms with E-state index in [2.05, 4.69) is 72.6 Å². The van der Waals surface area contributed by atoms with E-state index in [1.165, 1.54) is 22.5 Å². The molecule has 0 aliphatic heterocycles. The van der Waals surface area contributed by atoms with E-state index in [9.17, 15) is 0 Å². The Morgan fingerprint density at radius 1 is 1.05 bits per heavy atom. The van der Waals surface area contributed by atoms with Crippen molar-refractivity contribution in [1.82, 2.24) is 5.32 Å². The Morgan fingerprint density at radius 3 is 2.53 bits per heavy atom. The van der Waals surface area contributed by atoms with Gasteiger partial charge >= 0.3 is 0 Å². The molecule has 0 spiro atoms. The largest absolute Gasteiger partial charge is 0.341 e. The monoisotopic (exact) mass is 254 g/mol. The van der Waals surface area contributed by atoms with Gasteiger partial charge in [-0.25, -0.2) is 0 Å². The predicted octanol–water partition coefficient (Wildman–Crippen LogP) is 3.87. The van der Waals surface area contributed by atoms with Crippen molar-refractivity contribution in [2.75, 3.05) is 18.5 Å². The van der Waals surface area contributed by atoms with Crippen molar-refractivity contribution in [3.05, 3.63) is 59.7 Å². The van der Waals surface area contributed by atoms with Gasteiger partial charge < -0.3 is 10.2 Å². The van der Waals surface area contributed by atoms with Gasteiger partial charge in [-0.15, -0.1) is 0 Å². The van der Waals surface area contributed by atoms with Gasteiger partial charge in [0.2, 0.25) is 0 Å². The molecule has 2 nitrogen and oxygen atoms in total. The van der Waals surface area contributed by atoms with E-state index in [4.69, 9.17) is 0 Å². The topological polar surface area (TPSA) is 15.3 Å². The van der Waals surface area contributed by atoms with Crippen molar-refractivity contribution < 1.29 is 0 Å². The molecule has 2 aromatic rings. The summed E-state index contributed by atoms with van der Waals surface area (Å²) in [6.45, 7) is 6.18. The number of para-hydroxylation sites is 1. The molecular weight excluding hydrogens is 232 g/mol. The minimum atomic E-state index is 0.887. The van der Waals surface area contributed by atoms with Gasteiger partial charge in [0.05, 0.1) is 0 Å². The lowest BCUT2D eigenvalue weighted by Crippen LogP contribution is -2.19. The molecule has 0 radical (unpaired) electrons. The molecule has 2 heteroatoms. The summed E-state index contributed by atoms with van der Waals surface area (Å²) in [5, 5.41) is 3.24. The van der Waals surface area contributed by atoms with Crippen LogP contribution in [0.1, 0.15) is 18.1 Å². The van der Waals surface area contributed by atoms with Crippen molar-refractivity contribution in [3.8, 4) is 0 Å². The molecular formula is C17H22N2. The number of hydrogen-bond acceptors (Lipinski definition) is 2. The molecule has 0 aliphatic rings. The maximum absolute atomic E-state index is 3.24. The third kappa shape index (κ3) is 3.15. The smallest absolute Gasteiger partial charge is 0.0456 e. The van der Waals surface area contributed by atoms with Gasteiger partial charge in [0.1, 0.15) is 0 Å². The highest BCUT2D eigenvalue weighted by atomic mass is 15.1. The van der Waals surface area contributed by atoms with Gasteiger partial charge in [-0.05, 0) is 50.2 Å². The minimum absolute atomic E-state index is 0.887. The second kappa shape index (κ2) is 6.39. The molecule has 0 aromatic heterocycles. The van der Waals surface area contributed by atoms with Gasteiger partial charge in [-0.1, -0.05) is 30.3 Å². The lowest BCUT2D eigenvalue weighted by Gasteiger charge is -2.26. The van der Waals surface area contributed by atoms with Crippen molar-refractivity contribution in [2.45, 2.75) is 20.4 Å². The molecule has 0 saturated carbocycles. The summed E-state index contributed by atoms with van der Waals surface area (Å²) in [5.74, 6) is 0. The van der Waals surface area contributed by atoms with Gasteiger partial charge in [0.15, 0.2) is 0 Å². The first-order chi connectivity index (χ1) is 9.26. The average Bonchev–Trinajstić information content (AvgIpc) is 2.42. The van der Waals surface area contributed by atoms with Crippen LogP contribution in [0.25, 0.3) is 0 Å². The van der Waals surface area contributed by atoms with E-state index in [0.717, 1.165) is 13.1 Å². The number of anilines is 2. The van der Waals surface area contributed by atoms with Crippen molar-refractivity contribution in [3.63, 3.8) is 0 Å². The molecule has 0 unspecified atom stereocenters. The number of benzene rings is 2. The normalized spacial score (nSPS) is 10.5. The number of nitrogens with zero attached hydrogens (tertiary/aromatic N) is 1. The first kappa shape index (κ1) is 13.6. The molecule has 0 fully saturated rings. The average molecular weight is 254 g/mol. The first-order valence-corrected chi connectivity index (χ1v) is 6.83. The predicted molar refractivity (Wildman–Crippen MR) is 83.1 cm³/mol. The van der Waals surface area contributed by atoms with Gasteiger partial charge in [-0.3, -0.25) is 0 Å². The summed E-state index contributed by atoms with van der Waals surface area (Å²) in [5.41, 5.74) is 5.16. The highest BCUT2D eigenvalue weighted by Gasteiger charge is 2.10. The van der Waals surface area contributed by atoms with Gasteiger partial charge in [0.25, 0.3) is 0 Å². The van der Waals surface area contributed by atoms with Crippen LogP contribution in [0.5, 0.6) is 0 Å². The number of hydrogen-bond donors (Lipinski definition) is 1. The summed E-state index contributed by atoms with van der Waals surface area (Å²) in [6, 6.07) is 17.2. The second-order valence-corrected chi connectivity index (χ2v) is 4.74. The zero-order chi connectivity index (χ0) is 13.7. The molecule has 2 rings (SSSR count). The number of rotatable bonds is 5. The Morgan fingerprint density at radius 2 is 1.84 bits per heavy atom. The SMILES string of the molecule is CCN(c1cccc(C)c1)c1ccccc1CNC. The lowest BCUT2D eigenvalue weighted by atomic mass is 10.1. The van der Waals surface area contributed by atoms with Crippen LogP contribution in [0.15, 0.2) is 48.5 Å². The fourth-order valence-electron chi connectivity index (χ4n) is 2.40. The van der Waals surface area contributed by atoms with Crippen molar-refractivity contribution >= 4 is 11.4 Å². The second-order valence-electron chi connectivity index (χ2n) is 4.74. The van der Waals surface area contributed by atoms with Crippen LogP contribution in [0.3, 0.4) is 0 Å². The van der Waals surface area contributed by atoms with E-state index in [1.807, 2.05) is 7.05 Å². The van der Waals surface area contributed by atoms with Crippen LogP contribution in [-0.2, 0) is 6.54 Å². The Balaban J connectivity index is 2.42. The molecule has 0 aliphatic carbocycles. The van der Waals surface area contributed by atoms with Crippen LogP contribution < -0.4 is 10.2 Å². The number of nitrogens with one attached hydrogen (secondary N) is 1. The molecule has 2 aromatic carbocycles. The van der Waals surface area contributed by atoms with Crippen LogP contribution >= 0.6 is 0 Å². The Kier molecular flexibility index (Phi) is 4.58. The van der Waals surface area contributed by atoms with Crippen LogP contribution in [0.2, 0.25) is 0 Å². The van der Waals surface area contributed by atoms with Crippen LogP contribution in [0, 0.1) is 6.92 Å². The summed E-state index contributed by atoms with van der Waals surface area (Å²) >= 11 is 0. The van der Waals surface area contributed by atoms with E-state index < -0.39 is 0 Å². The molecule has 100 valence electrons. The minimum Gasteiger partial charge on any atom is -0.341 e. The van der Waals surface area contributed by atoms with E-state index in [1.54, 1.807) is 0 Å². The lowest BCUT2D eigenvalue weighted by molar-refractivity contribution is 0.813. The number of aryl methyl sites for hydroxylation is 1. The molecule has 19 heavy (non-hydrogen) atoms. The first-order valence-electron chi connectivity index (χ1n) is 6.83. The van der Waals surface area contributed by atoms with Crippen molar-refractivity contribution in [2.24, 2.45) is 0 Å². The Bertz CT molecular complexity index is 534. The molecule has 1 N–H and O–H groups in total. The van der Waals surface area contributed by atoms with E-state index in [-0.39, 0.29) is 0 Å². The van der Waals surface area contributed by atoms with Crippen molar-refractivity contribution in [1.29, 1.82) is 0 Å². The standard InChI is InChI=1S/C17H22N2/c1-4-19(16-10-7-8-14(2)12-16)17-11-6-5-9-15(17)13-18-3/h5-12,18H,4,13H2,1-3H3.